The molecule has 3 N–H and O–H groups in total. The fourth-order valence-corrected chi connectivity index (χ4v) is 0.852. The zero-order chi connectivity index (χ0) is 6.85. The fraction of sp³-hybridized carbons (Fsp3) is 0. The van der Waals surface area contributed by atoms with E-state index in [0.717, 1.165) is 0 Å². The van der Waals surface area contributed by atoms with Crippen LogP contribution in [0.25, 0.3) is 0 Å². The van der Waals surface area contributed by atoms with Crippen molar-refractivity contribution >= 4 is 29.5 Å². The molecule has 1 aromatic rings. The van der Waals surface area contributed by atoms with Gasteiger partial charge in [-0.25, -0.2) is 0 Å². The second kappa shape index (κ2) is 2.37. The minimum absolute atomic E-state index is 0.488. The lowest BCUT2D eigenvalue weighted by atomic mass is 10.4. The van der Waals surface area contributed by atoms with Gasteiger partial charge in [0.15, 0.2) is 0 Å². The van der Waals surface area contributed by atoms with E-state index in [0.29, 0.717) is 15.5 Å². The van der Waals surface area contributed by atoms with Crippen molar-refractivity contribution in [2.24, 2.45) is 0 Å². The summed E-state index contributed by atoms with van der Waals surface area (Å²) in [6, 6.07) is 3.33. The van der Waals surface area contributed by atoms with E-state index in [1.165, 1.54) is 0 Å². The Morgan fingerprint density at radius 3 is 2.67 bits per heavy atom. The van der Waals surface area contributed by atoms with Crippen LogP contribution in [0.3, 0.4) is 0 Å². The summed E-state index contributed by atoms with van der Waals surface area (Å²) < 4.78 is 0.488. The van der Waals surface area contributed by atoms with Gasteiger partial charge in [-0.05, 0) is 12.1 Å². The van der Waals surface area contributed by atoms with Crippen molar-refractivity contribution in [1.82, 2.24) is 4.98 Å². The molecular formula is C5H5ClN2S. The number of hydrogen-bond donors (Lipinski definition) is 2. The molecule has 0 unspecified atom stereocenters. The molecule has 0 aliphatic heterocycles. The van der Waals surface area contributed by atoms with Crippen molar-refractivity contribution in [2.75, 3.05) is 5.73 Å². The third-order valence-electron chi connectivity index (χ3n) is 0.904. The molecule has 0 saturated carbocycles. The molecule has 0 aliphatic carbocycles. The summed E-state index contributed by atoms with van der Waals surface area (Å²) in [6.45, 7) is 0. The molecule has 1 rings (SSSR count). The first-order valence-corrected chi connectivity index (χ1v) is 3.13. The molecular weight excluding hydrogens is 156 g/mol. The van der Waals surface area contributed by atoms with Crippen LogP contribution in [-0.2, 0) is 0 Å². The van der Waals surface area contributed by atoms with Gasteiger partial charge in [0.25, 0.3) is 0 Å². The standard InChI is InChI=1S/C5H5ClN2S/c6-4-2-1-3(7)5(9)8-4/h1-2H,7H2,(H,8,9). The largest absolute Gasteiger partial charge is 0.396 e. The molecule has 1 aromatic heterocycles. The fourth-order valence-electron chi connectivity index (χ4n) is 0.461. The zero-order valence-electron chi connectivity index (χ0n) is 4.52. The Balaban J connectivity index is 3.34. The maximum Gasteiger partial charge on any atom is 0.127 e. The lowest BCUT2D eigenvalue weighted by Crippen LogP contribution is -1.87. The molecule has 1 heterocycles. The average Bonchev–Trinajstić information content (AvgIpc) is 1.80. The maximum absolute atomic E-state index is 5.54. The lowest BCUT2D eigenvalue weighted by Gasteiger charge is -1.91. The van der Waals surface area contributed by atoms with E-state index in [-0.39, 0.29) is 0 Å². The third kappa shape index (κ3) is 1.43. The quantitative estimate of drug-likeness (QED) is 0.450. The van der Waals surface area contributed by atoms with Crippen LogP contribution in [0, 0.1) is 4.64 Å². The van der Waals surface area contributed by atoms with Crippen molar-refractivity contribution in [2.45, 2.75) is 0 Å². The van der Waals surface area contributed by atoms with Gasteiger partial charge in [-0.3, -0.25) is 0 Å². The molecule has 48 valence electrons. The van der Waals surface area contributed by atoms with Gasteiger partial charge in [-0.2, -0.15) is 0 Å². The maximum atomic E-state index is 5.54. The number of aromatic amines is 1. The van der Waals surface area contributed by atoms with Crippen molar-refractivity contribution in [3.63, 3.8) is 0 Å². The highest BCUT2D eigenvalue weighted by atomic mass is 35.5. The van der Waals surface area contributed by atoms with Crippen LogP contribution < -0.4 is 5.73 Å². The summed E-state index contributed by atoms with van der Waals surface area (Å²) in [5, 5.41) is 0.509. The van der Waals surface area contributed by atoms with Crippen LogP contribution >= 0.6 is 23.8 Å². The molecule has 0 spiro atoms. The van der Waals surface area contributed by atoms with Gasteiger partial charge in [0, 0.05) is 0 Å². The number of nitrogen functional groups attached to an aromatic ring is 1. The molecule has 9 heavy (non-hydrogen) atoms. The zero-order valence-corrected chi connectivity index (χ0v) is 6.09. The topological polar surface area (TPSA) is 41.8 Å². The van der Waals surface area contributed by atoms with E-state index in [4.69, 9.17) is 29.6 Å². The minimum atomic E-state index is 0.488. The van der Waals surface area contributed by atoms with E-state index >= 15 is 0 Å². The average molecular weight is 161 g/mol. The van der Waals surface area contributed by atoms with Crippen LogP contribution in [0.1, 0.15) is 0 Å². The van der Waals surface area contributed by atoms with Crippen molar-refractivity contribution in [1.29, 1.82) is 0 Å². The number of rotatable bonds is 0. The third-order valence-corrected chi connectivity index (χ3v) is 1.46. The van der Waals surface area contributed by atoms with Crippen LogP contribution in [0.2, 0.25) is 5.15 Å². The normalized spacial score (nSPS) is 9.44. The van der Waals surface area contributed by atoms with Gasteiger partial charge in [0.2, 0.25) is 0 Å². The Kier molecular flexibility index (Phi) is 1.73. The van der Waals surface area contributed by atoms with Crippen molar-refractivity contribution < 1.29 is 0 Å². The molecule has 0 amide bonds. The number of nitrogens with two attached hydrogens (primary N) is 1. The van der Waals surface area contributed by atoms with Gasteiger partial charge in [-0.1, -0.05) is 23.8 Å². The van der Waals surface area contributed by atoms with Crippen LogP contribution in [0.15, 0.2) is 12.1 Å². The van der Waals surface area contributed by atoms with E-state index in [9.17, 15) is 0 Å². The van der Waals surface area contributed by atoms with Crippen LogP contribution in [0.4, 0.5) is 5.69 Å². The first kappa shape index (κ1) is 6.58. The smallest absolute Gasteiger partial charge is 0.127 e. The monoisotopic (exact) mass is 160 g/mol. The van der Waals surface area contributed by atoms with Crippen molar-refractivity contribution in [3.8, 4) is 0 Å². The van der Waals surface area contributed by atoms with E-state index in [1.54, 1.807) is 12.1 Å². The first-order valence-electron chi connectivity index (χ1n) is 2.34. The Morgan fingerprint density at radius 2 is 2.22 bits per heavy atom. The molecule has 0 radical (unpaired) electrons. The number of aromatic nitrogens is 1. The van der Waals surface area contributed by atoms with Gasteiger partial charge in [0.1, 0.15) is 9.79 Å². The summed E-state index contributed by atoms with van der Waals surface area (Å²) in [5.41, 5.74) is 5.95. The van der Waals surface area contributed by atoms with Gasteiger partial charge in [-0.15, -0.1) is 0 Å². The molecule has 0 aromatic carbocycles. The van der Waals surface area contributed by atoms with Gasteiger partial charge in [0.05, 0.1) is 5.69 Å². The number of hydrogen-bond acceptors (Lipinski definition) is 2. The summed E-state index contributed by atoms with van der Waals surface area (Å²) in [7, 11) is 0. The summed E-state index contributed by atoms with van der Waals surface area (Å²) in [5.74, 6) is 0. The molecule has 4 heteroatoms. The number of anilines is 1. The molecule has 0 atom stereocenters. The second-order valence-corrected chi connectivity index (χ2v) is 2.41. The Hall–Kier alpha value is -0.540. The highest BCUT2D eigenvalue weighted by Gasteiger charge is 1.87. The Labute approximate surface area is 62.7 Å². The molecule has 0 saturated heterocycles. The number of halogens is 1. The molecule has 0 fully saturated rings. The number of nitrogens with one attached hydrogen (secondary N) is 1. The molecule has 0 aliphatic rings. The van der Waals surface area contributed by atoms with Gasteiger partial charge < -0.3 is 10.7 Å². The van der Waals surface area contributed by atoms with E-state index in [1.807, 2.05) is 0 Å². The highest BCUT2D eigenvalue weighted by Crippen LogP contribution is 2.07. The van der Waals surface area contributed by atoms with Gasteiger partial charge >= 0.3 is 0 Å². The van der Waals surface area contributed by atoms with E-state index < -0.39 is 0 Å². The first-order chi connectivity index (χ1) is 4.20. The second-order valence-electron chi connectivity index (χ2n) is 1.59. The molecule has 0 bridgehead atoms. The van der Waals surface area contributed by atoms with Crippen molar-refractivity contribution in [3.05, 3.63) is 21.9 Å². The Morgan fingerprint density at radius 1 is 1.56 bits per heavy atom. The van der Waals surface area contributed by atoms with Crippen LogP contribution in [-0.4, -0.2) is 4.98 Å². The number of H-pyrrole nitrogens is 1. The SMILES string of the molecule is Nc1ccc(Cl)[nH]c1=S. The Bertz CT molecular complexity index is 268. The van der Waals surface area contributed by atoms with Crippen LogP contribution in [0.5, 0.6) is 0 Å². The lowest BCUT2D eigenvalue weighted by molar-refractivity contribution is 1.30. The van der Waals surface area contributed by atoms with E-state index in [2.05, 4.69) is 4.98 Å². The number of pyridine rings is 1. The molecule has 2 nitrogen and oxygen atoms in total. The summed E-state index contributed by atoms with van der Waals surface area (Å²) >= 11 is 10.3. The summed E-state index contributed by atoms with van der Waals surface area (Å²) in [6.07, 6.45) is 0. The predicted molar refractivity (Wildman–Crippen MR) is 41.0 cm³/mol. The summed E-state index contributed by atoms with van der Waals surface area (Å²) in [4.78, 5) is 2.69. The minimum Gasteiger partial charge on any atom is -0.396 e. The highest BCUT2D eigenvalue weighted by molar-refractivity contribution is 7.71. The predicted octanol–water partition coefficient (Wildman–Crippen LogP) is 1.98.